The predicted molar refractivity (Wildman–Crippen MR) is 117 cm³/mol. The minimum Gasteiger partial charge on any atom is -0.481 e. The Morgan fingerprint density at radius 1 is 0.893 bits per heavy atom. The van der Waals surface area contributed by atoms with E-state index in [1.807, 2.05) is 0 Å². The molecule has 3 rings (SSSR count). The van der Waals surface area contributed by atoms with Crippen LogP contribution in [-0.2, 0) is 10.2 Å². The largest absolute Gasteiger partial charge is 0.481 e. The van der Waals surface area contributed by atoms with Gasteiger partial charge in [-0.05, 0) is 80.2 Å². The highest BCUT2D eigenvalue weighted by atomic mass is 16.4. The molecule has 0 radical (unpaired) electrons. The number of carbonyl (C=O) groups is 1. The van der Waals surface area contributed by atoms with Crippen LogP contribution < -0.4 is 0 Å². The van der Waals surface area contributed by atoms with E-state index >= 15 is 0 Å². The zero-order valence-corrected chi connectivity index (χ0v) is 18.1. The molecule has 2 aliphatic rings. The average Bonchev–Trinajstić information content (AvgIpc) is 2.73. The Hall–Kier alpha value is -1.31. The van der Waals surface area contributed by atoms with E-state index in [9.17, 15) is 9.90 Å². The van der Waals surface area contributed by atoms with Crippen LogP contribution in [0.3, 0.4) is 0 Å². The molecule has 2 fully saturated rings. The number of rotatable bonds is 8. The molecule has 0 heterocycles. The zero-order valence-electron chi connectivity index (χ0n) is 18.1. The highest BCUT2D eigenvalue weighted by Crippen LogP contribution is 2.44. The number of hydrogen-bond donors (Lipinski definition) is 1. The summed E-state index contributed by atoms with van der Waals surface area (Å²) in [6, 6.07) is 8.78. The smallest absolute Gasteiger partial charge is 0.314 e. The Morgan fingerprint density at radius 2 is 1.50 bits per heavy atom. The van der Waals surface area contributed by atoms with Gasteiger partial charge < -0.3 is 5.11 Å². The summed E-state index contributed by atoms with van der Waals surface area (Å²) < 4.78 is 0. The molecule has 2 aliphatic carbocycles. The van der Waals surface area contributed by atoms with Crippen LogP contribution in [0.1, 0.15) is 114 Å². The Balaban J connectivity index is 1.64. The fourth-order valence-corrected chi connectivity index (χ4v) is 5.84. The first-order valence-electron chi connectivity index (χ1n) is 11.9. The molecule has 0 aliphatic heterocycles. The van der Waals surface area contributed by atoms with E-state index in [1.165, 1.54) is 63.4 Å². The van der Waals surface area contributed by atoms with Crippen molar-refractivity contribution in [3.05, 3.63) is 35.4 Å². The van der Waals surface area contributed by atoms with E-state index in [2.05, 4.69) is 38.1 Å². The maximum absolute atomic E-state index is 12.3. The fraction of sp³-hybridized carbons (Fsp3) is 0.731. The molecular formula is C26H40O2. The van der Waals surface area contributed by atoms with E-state index in [1.54, 1.807) is 0 Å². The van der Waals surface area contributed by atoms with Crippen LogP contribution in [0.2, 0.25) is 0 Å². The van der Waals surface area contributed by atoms with Crippen LogP contribution >= 0.6 is 0 Å². The molecule has 1 aromatic carbocycles. The van der Waals surface area contributed by atoms with Gasteiger partial charge >= 0.3 is 5.97 Å². The van der Waals surface area contributed by atoms with Crippen molar-refractivity contribution in [3.8, 4) is 0 Å². The van der Waals surface area contributed by atoms with E-state index in [-0.39, 0.29) is 0 Å². The second-order valence-corrected chi connectivity index (χ2v) is 9.60. The normalized spacial score (nSPS) is 30.9. The maximum Gasteiger partial charge on any atom is 0.314 e. The molecule has 0 unspecified atom stereocenters. The standard InChI is InChI=1S/C26H40O2/c1-3-5-7-21-8-10-22(11-9-21)23-12-14-24(15-13-23)26(25(27)28)18-16-20(6-4-2)17-19-26/h12-15,20-22H,3-11,16-19H2,1-2H3,(H,27,28). The molecule has 28 heavy (non-hydrogen) atoms. The van der Waals surface area contributed by atoms with Gasteiger partial charge in [-0.15, -0.1) is 0 Å². The number of carboxylic acid groups (broad SMARTS) is 1. The van der Waals surface area contributed by atoms with Gasteiger partial charge in [0.05, 0.1) is 5.41 Å². The Morgan fingerprint density at radius 3 is 2.04 bits per heavy atom. The van der Waals surface area contributed by atoms with Gasteiger partial charge in [0.2, 0.25) is 0 Å². The molecule has 0 aromatic heterocycles. The summed E-state index contributed by atoms with van der Waals surface area (Å²) in [6.45, 7) is 4.52. The van der Waals surface area contributed by atoms with Crippen molar-refractivity contribution >= 4 is 5.97 Å². The first-order valence-corrected chi connectivity index (χ1v) is 11.9. The van der Waals surface area contributed by atoms with Crippen molar-refractivity contribution in [2.75, 3.05) is 0 Å². The van der Waals surface area contributed by atoms with Gasteiger partial charge in [0.1, 0.15) is 0 Å². The van der Waals surface area contributed by atoms with Crippen LogP contribution in [-0.4, -0.2) is 11.1 Å². The molecule has 0 amide bonds. The summed E-state index contributed by atoms with van der Waals surface area (Å²) >= 11 is 0. The molecule has 2 nitrogen and oxygen atoms in total. The molecule has 1 aromatic rings. The van der Waals surface area contributed by atoms with Crippen molar-refractivity contribution in [2.24, 2.45) is 11.8 Å². The molecule has 0 spiro atoms. The summed E-state index contributed by atoms with van der Waals surface area (Å²) in [4.78, 5) is 12.3. The lowest BCUT2D eigenvalue weighted by molar-refractivity contribution is -0.145. The second-order valence-electron chi connectivity index (χ2n) is 9.60. The SMILES string of the molecule is CCCCC1CCC(c2ccc(C3(C(=O)O)CCC(CCC)CC3)cc2)CC1. The van der Waals surface area contributed by atoms with E-state index in [4.69, 9.17) is 0 Å². The molecule has 0 saturated heterocycles. The van der Waals surface area contributed by atoms with Gasteiger partial charge in [-0.25, -0.2) is 0 Å². The van der Waals surface area contributed by atoms with E-state index in [0.29, 0.717) is 5.92 Å². The maximum atomic E-state index is 12.3. The summed E-state index contributed by atoms with van der Waals surface area (Å²) in [7, 11) is 0. The number of benzene rings is 1. The predicted octanol–water partition coefficient (Wildman–Crippen LogP) is 7.46. The molecule has 0 atom stereocenters. The highest BCUT2D eigenvalue weighted by molar-refractivity contribution is 5.81. The fourth-order valence-electron chi connectivity index (χ4n) is 5.84. The third kappa shape index (κ3) is 4.81. The van der Waals surface area contributed by atoms with Crippen molar-refractivity contribution in [1.82, 2.24) is 0 Å². The lowest BCUT2D eigenvalue weighted by atomic mass is 9.65. The lowest BCUT2D eigenvalue weighted by Gasteiger charge is -2.37. The zero-order chi connectivity index (χ0) is 20.0. The van der Waals surface area contributed by atoms with Crippen LogP contribution in [0.4, 0.5) is 0 Å². The Labute approximate surface area is 172 Å². The Kier molecular flexibility index (Phi) is 7.60. The highest BCUT2D eigenvalue weighted by Gasteiger charge is 2.43. The quantitative estimate of drug-likeness (QED) is 0.505. The molecule has 1 N–H and O–H groups in total. The molecule has 0 bridgehead atoms. The molecular weight excluding hydrogens is 344 g/mol. The second kappa shape index (κ2) is 9.94. The summed E-state index contributed by atoms with van der Waals surface area (Å²) in [5.74, 6) is 1.71. The number of hydrogen-bond acceptors (Lipinski definition) is 1. The third-order valence-corrected chi connectivity index (χ3v) is 7.81. The summed E-state index contributed by atoms with van der Waals surface area (Å²) in [5, 5.41) is 10.1. The average molecular weight is 385 g/mol. The first-order chi connectivity index (χ1) is 13.6. The topological polar surface area (TPSA) is 37.3 Å². The first kappa shape index (κ1) is 21.4. The van der Waals surface area contributed by atoms with Gasteiger partial charge in [0, 0.05) is 0 Å². The lowest BCUT2D eigenvalue weighted by Crippen LogP contribution is -2.39. The minimum atomic E-state index is -0.652. The summed E-state index contributed by atoms with van der Waals surface area (Å²) in [6.07, 6.45) is 15.6. The van der Waals surface area contributed by atoms with Crippen molar-refractivity contribution in [3.63, 3.8) is 0 Å². The van der Waals surface area contributed by atoms with Gasteiger partial charge in [-0.2, -0.15) is 0 Å². The van der Waals surface area contributed by atoms with Crippen molar-refractivity contribution in [2.45, 2.75) is 109 Å². The Bertz CT molecular complexity index is 602. The van der Waals surface area contributed by atoms with Gasteiger partial charge in [0.25, 0.3) is 0 Å². The number of aliphatic carboxylic acids is 1. The number of carboxylic acids is 1. The van der Waals surface area contributed by atoms with Gasteiger partial charge in [-0.1, -0.05) is 70.2 Å². The molecule has 2 saturated carbocycles. The van der Waals surface area contributed by atoms with E-state index in [0.717, 1.165) is 43.1 Å². The van der Waals surface area contributed by atoms with E-state index < -0.39 is 11.4 Å². The number of unbranched alkanes of at least 4 members (excludes halogenated alkanes) is 1. The van der Waals surface area contributed by atoms with Crippen molar-refractivity contribution in [1.29, 1.82) is 0 Å². The monoisotopic (exact) mass is 384 g/mol. The third-order valence-electron chi connectivity index (χ3n) is 7.81. The van der Waals surface area contributed by atoms with Crippen LogP contribution in [0.15, 0.2) is 24.3 Å². The summed E-state index contributed by atoms with van der Waals surface area (Å²) in [5.41, 5.74) is 1.81. The van der Waals surface area contributed by atoms with Gasteiger partial charge in [-0.3, -0.25) is 4.79 Å². The molecule has 156 valence electrons. The van der Waals surface area contributed by atoms with Crippen LogP contribution in [0, 0.1) is 11.8 Å². The van der Waals surface area contributed by atoms with Crippen LogP contribution in [0.25, 0.3) is 0 Å². The minimum absolute atomic E-state index is 0.619. The van der Waals surface area contributed by atoms with Gasteiger partial charge in [0.15, 0.2) is 0 Å². The van der Waals surface area contributed by atoms with Crippen LogP contribution in [0.5, 0.6) is 0 Å². The molecule has 2 heteroatoms. The van der Waals surface area contributed by atoms with Crippen molar-refractivity contribution < 1.29 is 9.90 Å².